The lowest BCUT2D eigenvalue weighted by Crippen LogP contribution is -2.37. The summed E-state index contributed by atoms with van der Waals surface area (Å²) in [4.78, 5) is 27.7. The van der Waals surface area contributed by atoms with Gasteiger partial charge in [0, 0.05) is 24.7 Å². The quantitative estimate of drug-likeness (QED) is 0.546. The van der Waals surface area contributed by atoms with Gasteiger partial charge in [-0.3, -0.25) is 4.79 Å². The first kappa shape index (κ1) is 25.0. The van der Waals surface area contributed by atoms with Crippen molar-refractivity contribution in [2.24, 2.45) is 5.92 Å². The fraction of sp³-hybridized carbons (Fsp3) is 0.310. The standard InChI is InChI=1S/C29H34N2O3/c1-6-13-24(22-14-9-7-10-15-22)18-21(2)30-27(32)26-20-31(28(33)34-29(3,4)5)19-25(26)23-16-11-8-12-17-23/h6-18,25-26H,2,19-20H2,1,3-5H3,(H,30,32)/b13-6-,24-18+/t25-,26+/m1/s1. The number of nitrogens with zero attached hydrogens (tertiary/aromatic N) is 1. The van der Waals surface area contributed by atoms with E-state index in [1.165, 1.54) is 0 Å². The van der Waals surface area contributed by atoms with Gasteiger partial charge in [0.25, 0.3) is 0 Å². The van der Waals surface area contributed by atoms with E-state index in [2.05, 4.69) is 11.9 Å². The van der Waals surface area contributed by atoms with E-state index >= 15 is 0 Å². The number of amides is 2. The highest BCUT2D eigenvalue weighted by Crippen LogP contribution is 2.34. The fourth-order valence-corrected chi connectivity index (χ4v) is 4.10. The van der Waals surface area contributed by atoms with Gasteiger partial charge in [-0.2, -0.15) is 0 Å². The van der Waals surface area contributed by atoms with E-state index in [1.54, 1.807) is 4.90 Å². The van der Waals surface area contributed by atoms with Gasteiger partial charge in [0.2, 0.25) is 5.91 Å². The highest BCUT2D eigenvalue weighted by molar-refractivity contribution is 5.85. The number of hydrogen-bond acceptors (Lipinski definition) is 3. The molecule has 34 heavy (non-hydrogen) atoms. The number of allylic oxidation sites excluding steroid dienone is 4. The molecule has 5 nitrogen and oxygen atoms in total. The molecule has 3 rings (SSSR count). The number of benzene rings is 2. The Labute approximate surface area is 202 Å². The van der Waals surface area contributed by atoms with Gasteiger partial charge in [-0.25, -0.2) is 4.79 Å². The Bertz CT molecular complexity index is 1070. The Morgan fingerprint density at radius 3 is 2.24 bits per heavy atom. The molecule has 2 aromatic carbocycles. The van der Waals surface area contributed by atoms with Crippen molar-refractivity contribution in [3.63, 3.8) is 0 Å². The molecule has 2 amide bonds. The number of likely N-dealkylation sites (tertiary alicyclic amines) is 1. The van der Waals surface area contributed by atoms with Crippen LogP contribution in [0.2, 0.25) is 0 Å². The number of ether oxygens (including phenoxy) is 1. The molecule has 5 heteroatoms. The van der Waals surface area contributed by atoms with E-state index in [0.29, 0.717) is 12.2 Å². The van der Waals surface area contributed by atoms with Crippen molar-refractivity contribution >= 4 is 17.6 Å². The van der Waals surface area contributed by atoms with E-state index in [-0.39, 0.29) is 18.4 Å². The van der Waals surface area contributed by atoms with Crippen LogP contribution in [0.1, 0.15) is 44.7 Å². The number of hydrogen-bond donors (Lipinski definition) is 1. The average molecular weight is 459 g/mol. The molecule has 0 saturated carbocycles. The Balaban J connectivity index is 1.80. The molecule has 0 bridgehead atoms. The molecule has 0 aliphatic carbocycles. The summed E-state index contributed by atoms with van der Waals surface area (Å²) in [5, 5.41) is 2.97. The van der Waals surface area contributed by atoms with Crippen LogP contribution in [0, 0.1) is 5.92 Å². The second kappa shape index (κ2) is 11.0. The third-order valence-electron chi connectivity index (χ3n) is 5.60. The lowest BCUT2D eigenvalue weighted by molar-refractivity contribution is -0.124. The van der Waals surface area contributed by atoms with E-state index < -0.39 is 17.6 Å². The van der Waals surface area contributed by atoms with E-state index in [4.69, 9.17) is 4.74 Å². The molecule has 0 unspecified atom stereocenters. The fourth-order valence-electron chi connectivity index (χ4n) is 4.10. The van der Waals surface area contributed by atoms with Crippen molar-refractivity contribution in [1.82, 2.24) is 10.2 Å². The van der Waals surface area contributed by atoms with Gasteiger partial charge in [0.05, 0.1) is 5.92 Å². The lowest BCUT2D eigenvalue weighted by atomic mass is 9.88. The van der Waals surface area contributed by atoms with E-state index in [9.17, 15) is 9.59 Å². The molecule has 1 aliphatic heterocycles. The molecule has 1 N–H and O–H groups in total. The number of carbonyl (C=O) groups excluding carboxylic acids is 2. The summed E-state index contributed by atoms with van der Waals surface area (Å²) in [6, 6.07) is 19.8. The largest absolute Gasteiger partial charge is 0.444 e. The van der Waals surface area contributed by atoms with Gasteiger partial charge in [-0.15, -0.1) is 0 Å². The normalized spacial score (nSPS) is 18.7. The minimum Gasteiger partial charge on any atom is -0.444 e. The molecule has 1 aliphatic rings. The molecule has 0 spiro atoms. The predicted octanol–water partition coefficient (Wildman–Crippen LogP) is 5.93. The molecular formula is C29H34N2O3. The molecule has 1 heterocycles. The van der Waals surface area contributed by atoms with Gasteiger partial charge >= 0.3 is 6.09 Å². The zero-order chi connectivity index (χ0) is 24.7. The topological polar surface area (TPSA) is 58.6 Å². The second-order valence-electron chi connectivity index (χ2n) is 9.49. The van der Waals surface area contributed by atoms with Gasteiger partial charge in [0.1, 0.15) is 5.60 Å². The average Bonchev–Trinajstić information content (AvgIpc) is 3.25. The summed E-state index contributed by atoms with van der Waals surface area (Å²) in [7, 11) is 0. The van der Waals surface area contributed by atoms with Crippen molar-refractivity contribution in [3.05, 3.63) is 102 Å². The van der Waals surface area contributed by atoms with Gasteiger partial charge in [-0.05, 0) is 50.5 Å². The second-order valence-corrected chi connectivity index (χ2v) is 9.49. The summed E-state index contributed by atoms with van der Waals surface area (Å²) in [6.07, 6.45) is 5.40. The minimum atomic E-state index is -0.598. The Morgan fingerprint density at radius 2 is 1.65 bits per heavy atom. The predicted molar refractivity (Wildman–Crippen MR) is 137 cm³/mol. The number of carbonyl (C=O) groups is 2. The first-order chi connectivity index (χ1) is 16.2. The van der Waals surface area contributed by atoms with Crippen molar-refractivity contribution in [3.8, 4) is 0 Å². The highest BCUT2D eigenvalue weighted by atomic mass is 16.6. The third kappa shape index (κ3) is 6.70. The minimum absolute atomic E-state index is 0.130. The SMILES string of the molecule is C=C(/C=C(\C=C/C)c1ccccc1)NC(=O)[C@H]1CN(C(=O)OC(C)(C)C)C[C@@H]1c1ccccc1. The molecule has 1 fully saturated rings. The van der Waals surface area contributed by atoms with Gasteiger partial charge < -0.3 is 15.0 Å². The van der Waals surface area contributed by atoms with Crippen LogP contribution in [-0.4, -0.2) is 35.6 Å². The molecule has 2 atom stereocenters. The highest BCUT2D eigenvalue weighted by Gasteiger charge is 2.41. The maximum absolute atomic E-state index is 13.4. The number of nitrogens with one attached hydrogen (secondary N) is 1. The van der Waals surface area contributed by atoms with Crippen LogP contribution in [-0.2, 0) is 9.53 Å². The van der Waals surface area contributed by atoms with Crippen LogP contribution in [0.3, 0.4) is 0 Å². The zero-order valence-electron chi connectivity index (χ0n) is 20.5. The molecule has 1 saturated heterocycles. The van der Waals surface area contributed by atoms with E-state index in [1.807, 2.05) is 107 Å². The Kier molecular flexibility index (Phi) is 8.11. The summed E-state index contributed by atoms with van der Waals surface area (Å²) >= 11 is 0. The summed E-state index contributed by atoms with van der Waals surface area (Å²) < 4.78 is 5.56. The summed E-state index contributed by atoms with van der Waals surface area (Å²) in [6.45, 7) is 12.2. The molecule has 178 valence electrons. The first-order valence-electron chi connectivity index (χ1n) is 11.6. The van der Waals surface area contributed by atoms with Crippen LogP contribution in [0.25, 0.3) is 5.57 Å². The smallest absolute Gasteiger partial charge is 0.410 e. The van der Waals surface area contributed by atoms with Crippen LogP contribution in [0.4, 0.5) is 4.79 Å². The van der Waals surface area contributed by atoms with Crippen LogP contribution in [0.15, 0.2) is 91.2 Å². The Hall–Kier alpha value is -3.60. The van der Waals surface area contributed by atoms with Crippen LogP contribution in [0.5, 0.6) is 0 Å². The molecule has 2 aromatic rings. The Morgan fingerprint density at radius 1 is 1.03 bits per heavy atom. The maximum Gasteiger partial charge on any atom is 0.410 e. The van der Waals surface area contributed by atoms with Crippen LogP contribution < -0.4 is 5.32 Å². The van der Waals surface area contributed by atoms with Crippen LogP contribution >= 0.6 is 0 Å². The van der Waals surface area contributed by atoms with E-state index in [0.717, 1.165) is 16.7 Å². The van der Waals surface area contributed by atoms with Crippen molar-refractivity contribution in [2.75, 3.05) is 13.1 Å². The monoisotopic (exact) mass is 458 g/mol. The lowest BCUT2D eigenvalue weighted by Gasteiger charge is -2.24. The zero-order valence-corrected chi connectivity index (χ0v) is 20.5. The van der Waals surface area contributed by atoms with Gasteiger partial charge in [0.15, 0.2) is 0 Å². The third-order valence-corrected chi connectivity index (χ3v) is 5.60. The first-order valence-corrected chi connectivity index (χ1v) is 11.6. The summed E-state index contributed by atoms with van der Waals surface area (Å²) in [5.74, 6) is -0.703. The van der Waals surface area contributed by atoms with Crippen molar-refractivity contribution in [1.29, 1.82) is 0 Å². The van der Waals surface area contributed by atoms with Gasteiger partial charge in [-0.1, -0.05) is 79.4 Å². The maximum atomic E-state index is 13.4. The van der Waals surface area contributed by atoms with Crippen molar-refractivity contribution in [2.45, 2.75) is 39.2 Å². The number of rotatable bonds is 6. The van der Waals surface area contributed by atoms with Crippen molar-refractivity contribution < 1.29 is 14.3 Å². The summed E-state index contributed by atoms with van der Waals surface area (Å²) in [5.41, 5.74) is 2.92. The molecule has 0 aromatic heterocycles. The molecule has 0 radical (unpaired) electrons. The molecular weight excluding hydrogens is 424 g/mol.